The van der Waals surface area contributed by atoms with Gasteiger partial charge in [0.05, 0.1) is 18.1 Å². The molecule has 0 unspecified atom stereocenters. The van der Waals surface area contributed by atoms with Crippen LogP contribution in [0.25, 0.3) is 0 Å². The van der Waals surface area contributed by atoms with Crippen molar-refractivity contribution in [3.8, 4) is 0 Å². The second-order valence-electron chi connectivity index (χ2n) is 16.9. The number of alkyl carbamates (subject to hydrolysis) is 1. The van der Waals surface area contributed by atoms with E-state index in [2.05, 4.69) is 20.3 Å². The van der Waals surface area contributed by atoms with E-state index < -0.39 is 63.3 Å². The molecule has 0 saturated carbocycles. The molecule has 0 aromatic heterocycles. The Balaban J connectivity index is 1.66. The number of amides is 4. The third kappa shape index (κ3) is 16.8. The Morgan fingerprint density at radius 2 is 1.39 bits per heavy atom. The number of sulfonamides is 1. The third-order valence-electron chi connectivity index (χ3n) is 9.47. The highest BCUT2D eigenvalue weighted by molar-refractivity contribution is 7.88. The Labute approximate surface area is 347 Å². The number of guanidine groups is 1. The maximum Gasteiger partial charge on any atom is 0.437 e. The lowest BCUT2D eigenvalue weighted by Gasteiger charge is -2.35. The average Bonchev–Trinajstić information content (AvgIpc) is 3.64. The van der Waals surface area contributed by atoms with Gasteiger partial charge in [-0.1, -0.05) is 58.0 Å². The first-order chi connectivity index (χ1) is 27.4. The van der Waals surface area contributed by atoms with Gasteiger partial charge in [0.15, 0.2) is 0 Å². The molecule has 2 aliphatic rings. The topological polar surface area (TPSA) is 228 Å². The first-order valence-electron chi connectivity index (χ1n) is 19.9. The molecule has 0 bridgehead atoms. The van der Waals surface area contributed by atoms with Gasteiger partial charge >= 0.3 is 24.1 Å². The molecule has 2 atom stereocenters. The number of hydrogen-bond acceptors (Lipinski definition) is 12. The predicted octanol–water partition coefficient (Wildman–Crippen LogP) is 3.14. The number of benzene rings is 1. The van der Waals surface area contributed by atoms with Crippen molar-refractivity contribution in [3.63, 3.8) is 0 Å². The molecule has 1 aromatic carbocycles. The van der Waals surface area contributed by atoms with E-state index in [0.29, 0.717) is 45.3 Å². The Hall–Kier alpha value is -4.78. The Morgan fingerprint density at radius 3 is 1.93 bits per heavy atom. The van der Waals surface area contributed by atoms with Crippen LogP contribution in [0.5, 0.6) is 0 Å². The molecule has 19 heteroatoms. The minimum atomic E-state index is -3.74. The summed E-state index contributed by atoms with van der Waals surface area (Å²) in [5.41, 5.74) is -1.72. The molecule has 330 valence electrons. The predicted molar refractivity (Wildman–Crippen MR) is 217 cm³/mol. The lowest BCUT2D eigenvalue weighted by Crippen LogP contribution is -2.54. The van der Waals surface area contributed by atoms with Gasteiger partial charge in [0.2, 0.25) is 27.8 Å². The molecule has 2 fully saturated rings. The van der Waals surface area contributed by atoms with E-state index in [1.54, 1.807) is 84.6 Å². The summed E-state index contributed by atoms with van der Waals surface area (Å²) in [6.07, 6.45) is 1.15. The fraction of sp³-hybridized carbons (Fsp3) is 0.675. The number of carbonyl (C=O) groups excluding carboxylic acids is 6. The van der Waals surface area contributed by atoms with E-state index in [-0.39, 0.29) is 55.8 Å². The number of piperidine rings is 1. The minimum Gasteiger partial charge on any atom is -0.461 e. The molecule has 2 saturated heterocycles. The van der Waals surface area contributed by atoms with Gasteiger partial charge in [-0.3, -0.25) is 24.5 Å². The fourth-order valence-electron chi connectivity index (χ4n) is 6.28. The van der Waals surface area contributed by atoms with Crippen molar-refractivity contribution in [1.29, 1.82) is 0 Å². The SMILES string of the molecule is CC(C)C(=O)OCC(C)(C)OC(=O)N=C(NC(=O)OC(C)(C)COC(=O)C(C)C)N1CCC(CNC(=O)[C@@H]2CCCN2C(=O)[C@@H](Cc2ccccc2)NS(C)(=O)=O)CC1. The number of hydrogen-bond donors (Lipinski definition) is 3. The molecule has 18 nitrogen and oxygen atoms in total. The number of aliphatic imine (C=N–C) groups is 1. The van der Waals surface area contributed by atoms with Crippen LogP contribution in [-0.4, -0.2) is 129 Å². The monoisotopic (exact) mass is 850 g/mol. The Morgan fingerprint density at radius 1 is 0.831 bits per heavy atom. The summed E-state index contributed by atoms with van der Waals surface area (Å²) in [6, 6.07) is 7.19. The highest BCUT2D eigenvalue weighted by Gasteiger charge is 2.38. The zero-order valence-electron chi connectivity index (χ0n) is 35.7. The van der Waals surface area contributed by atoms with E-state index in [0.717, 1.165) is 11.8 Å². The van der Waals surface area contributed by atoms with Crippen LogP contribution in [-0.2, 0) is 54.6 Å². The molecule has 2 heterocycles. The lowest BCUT2D eigenvalue weighted by atomic mass is 9.96. The van der Waals surface area contributed by atoms with Gasteiger partial charge in [-0.05, 0) is 71.3 Å². The van der Waals surface area contributed by atoms with Crippen LogP contribution in [0.1, 0.15) is 86.6 Å². The standard InChI is InChI=1S/C40H62N6O12S/c1-26(2)34(49)55-24-39(5,6)57-37(51)42-36(43-38(52)58-40(7,8)25-56-35(50)27(3)4)45-20-17-29(18-21-45)23-41-32(47)31-16-13-19-46(31)33(48)30(44-59(9,53)54)22-28-14-11-10-12-15-28/h10-12,14-15,26-27,29-31,44H,13,16-25H2,1-9H3,(H,41,47)(H,42,43,51,52)/t30-,31+/m1/s1. The summed E-state index contributed by atoms with van der Waals surface area (Å²) >= 11 is 0. The number of nitrogens with zero attached hydrogens (tertiary/aromatic N) is 3. The number of ether oxygens (including phenoxy) is 4. The highest BCUT2D eigenvalue weighted by atomic mass is 32.2. The molecule has 0 radical (unpaired) electrons. The van der Waals surface area contributed by atoms with E-state index >= 15 is 0 Å². The summed E-state index contributed by atoms with van der Waals surface area (Å²) in [7, 11) is -3.74. The number of nitrogens with one attached hydrogen (secondary N) is 3. The number of likely N-dealkylation sites (tertiary alicyclic amines) is 2. The van der Waals surface area contributed by atoms with Crippen LogP contribution in [0.3, 0.4) is 0 Å². The van der Waals surface area contributed by atoms with Crippen LogP contribution < -0.4 is 15.4 Å². The van der Waals surface area contributed by atoms with E-state index in [9.17, 15) is 37.2 Å². The number of esters is 2. The fourth-order valence-corrected chi connectivity index (χ4v) is 6.98. The molecule has 4 amide bonds. The van der Waals surface area contributed by atoms with E-state index in [1.807, 2.05) is 6.07 Å². The first kappa shape index (κ1) is 48.6. The van der Waals surface area contributed by atoms with Crippen molar-refractivity contribution in [2.24, 2.45) is 22.7 Å². The summed E-state index contributed by atoms with van der Waals surface area (Å²) in [6.45, 7) is 13.7. The molecular formula is C40H62N6O12S. The van der Waals surface area contributed by atoms with Crippen LogP contribution in [0, 0.1) is 17.8 Å². The molecule has 1 aromatic rings. The average molecular weight is 851 g/mol. The molecule has 3 N–H and O–H groups in total. The van der Waals surface area contributed by atoms with Crippen molar-refractivity contribution >= 4 is 51.9 Å². The quantitative estimate of drug-likeness (QED) is 0.0942. The summed E-state index contributed by atoms with van der Waals surface area (Å²) in [5.74, 6) is -2.66. The summed E-state index contributed by atoms with van der Waals surface area (Å²) in [4.78, 5) is 84.6. The molecule has 59 heavy (non-hydrogen) atoms. The molecule has 0 spiro atoms. The van der Waals surface area contributed by atoms with Gasteiger partial charge in [-0.2, -0.15) is 0 Å². The third-order valence-corrected chi connectivity index (χ3v) is 10.2. The maximum atomic E-state index is 13.7. The van der Waals surface area contributed by atoms with Crippen molar-refractivity contribution in [2.75, 3.05) is 45.6 Å². The minimum absolute atomic E-state index is 0.0113. The second kappa shape index (κ2) is 21.5. The van der Waals surface area contributed by atoms with Crippen LogP contribution in [0.2, 0.25) is 0 Å². The van der Waals surface area contributed by atoms with Gasteiger partial charge in [-0.15, -0.1) is 4.99 Å². The van der Waals surface area contributed by atoms with Crippen molar-refractivity contribution in [1.82, 2.24) is 25.2 Å². The summed E-state index contributed by atoms with van der Waals surface area (Å²) < 4.78 is 48.4. The Bertz CT molecular complexity index is 1780. The van der Waals surface area contributed by atoms with E-state index in [4.69, 9.17) is 18.9 Å². The molecule has 2 aliphatic heterocycles. The second-order valence-corrected chi connectivity index (χ2v) is 18.6. The van der Waals surface area contributed by atoms with Gasteiger partial charge in [0.25, 0.3) is 0 Å². The summed E-state index contributed by atoms with van der Waals surface area (Å²) in [5, 5.41) is 5.50. The largest absolute Gasteiger partial charge is 0.461 e. The molecule has 3 rings (SSSR count). The number of rotatable bonds is 16. The van der Waals surface area contributed by atoms with Crippen LogP contribution in [0.4, 0.5) is 9.59 Å². The highest BCUT2D eigenvalue weighted by Crippen LogP contribution is 2.22. The first-order valence-corrected chi connectivity index (χ1v) is 21.8. The zero-order chi connectivity index (χ0) is 44.1. The van der Waals surface area contributed by atoms with Gasteiger partial charge in [-0.25, -0.2) is 22.7 Å². The van der Waals surface area contributed by atoms with Gasteiger partial charge in [0.1, 0.15) is 36.5 Å². The smallest absolute Gasteiger partial charge is 0.437 e. The van der Waals surface area contributed by atoms with Crippen molar-refractivity contribution in [3.05, 3.63) is 35.9 Å². The van der Waals surface area contributed by atoms with Crippen molar-refractivity contribution in [2.45, 2.75) is 111 Å². The van der Waals surface area contributed by atoms with E-state index in [1.165, 1.54) is 4.90 Å². The molecule has 0 aliphatic carbocycles. The number of carbonyl (C=O) groups is 6. The maximum absolute atomic E-state index is 13.7. The normalized spacial score (nSPS) is 17.3. The van der Waals surface area contributed by atoms with Crippen molar-refractivity contribution < 1.29 is 56.1 Å². The van der Waals surface area contributed by atoms with Gasteiger partial charge < -0.3 is 34.1 Å². The molecular weight excluding hydrogens is 789 g/mol. The van der Waals surface area contributed by atoms with Crippen LogP contribution in [0.15, 0.2) is 35.3 Å². The van der Waals surface area contributed by atoms with Crippen LogP contribution >= 0.6 is 0 Å². The lowest BCUT2D eigenvalue weighted by molar-refractivity contribution is -0.154. The van der Waals surface area contributed by atoms with Gasteiger partial charge in [0, 0.05) is 26.2 Å². The zero-order valence-corrected chi connectivity index (χ0v) is 36.5. The Kier molecular flexibility index (Phi) is 17.7.